The number of hydrogen-bond donors (Lipinski definition) is 3. The second-order valence-corrected chi connectivity index (χ2v) is 12.4. The van der Waals surface area contributed by atoms with Gasteiger partial charge in [-0.05, 0) is 71.3 Å². The van der Waals surface area contributed by atoms with Crippen LogP contribution in [0.25, 0.3) is 0 Å². The number of hydrazine groups is 1. The third-order valence-electron chi connectivity index (χ3n) is 7.53. The lowest BCUT2D eigenvalue weighted by atomic mass is 9.82. The third-order valence-corrected chi connectivity index (χ3v) is 8.83. The number of methoxy groups -OCH3 is 2. The van der Waals surface area contributed by atoms with Crippen molar-refractivity contribution in [3.63, 3.8) is 0 Å². The second kappa shape index (κ2) is 15.6. The van der Waals surface area contributed by atoms with Gasteiger partial charge in [-0.25, -0.2) is 10.4 Å². The maximum Gasteiger partial charge on any atom is 0.266 e. The van der Waals surface area contributed by atoms with Crippen LogP contribution in [-0.2, 0) is 22.5 Å². The molecule has 0 fully saturated rings. The minimum absolute atomic E-state index is 0.0600. The van der Waals surface area contributed by atoms with Gasteiger partial charge in [0.1, 0.15) is 17.2 Å². The highest BCUT2D eigenvalue weighted by atomic mass is 79.9. The Morgan fingerprint density at radius 3 is 2.28 bits per heavy atom. The molecule has 240 valence electrons. The van der Waals surface area contributed by atoms with Crippen LogP contribution < -0.4 is 25.1 Å². The first kappa shape index (κ1) is 33.5. The van der Waals surface area contributed by atoms with Gasteiger partial charge in [0, 0.05) is 46.6 Å². The smallest absolute Gasteiger partial charge is 0.266 e. The fourth-order valence-corrected chi connectivity index (χ4v) is 5.84. The standard InChI is InChI=1S/C35H35Br2N3O6/c1-43-29-18-23(19-30(20-29)44-2)22-38-40-34(42)35(21-26-6-3-4-7-31(26)37)32(24-8-12-27(36)13-9-24)46-33(39-35)25-10-14-28(15-11-25)45-17-5-16-41/h3-4,6-15,18-20,32,38,41H,5,16-17,21-22H2,1-2H3,(H,40,42)/t32-,35-/m0/s1. The number of aliphatic hydroxyl groups excluding tert-OH is 1. The molecule has 9 nitrogen and oxygen atoms in total. The van der Waals surface area contributed by atoms with Gasteiger partial charge >= 0.3 is 0 Å². The summed E-state index contributed by atoms with van der Waals surface area (Å²) in [6, 6.07) is 28.4. The van der Waals surface area contributed by atoms with E-state index in [9.17, 15) is 4.79 Å². The third kappa shape index (κ3) is 7.90. The average Bonchev–Trinajstić information content (AvgIpc) is 3.46. The summed E-state index contributed by atoms with van der Waals surface area (Å²) in [6.45, 7) is 0.774. The van der Waals surface area contributed by atoms with E-state index in [1.165, 1.54) is 0 Å². The molecule has 0 unspecified atom stereocenters. The zero-order valence-corrected chi connectivity index (χ0v) is 28.6. The Labute approximate surface area is 285 Å². The van der Waals surface area contributed by atoms with Gasteiger partial charge in [-0.3, -0.25) is 10.2 Å². The zero-order chi connectivity index (χ0) is 32.5. The summed E-state index contributed by atoms with van der Waals surface area (Å²) in [5.74, 6) is 1.94. The van der Waals surface area contributed by atoms with E-state index in [4.69, 9.17) is 29.0 Å². The molecule has 0 bridgehead atoms. The lowest BCUT2D eigenvalue weighted by molar-refractivity contribution is -0.130. The fraction of sp³-hybridized carbons (Fsp3) is 0.257. The lowest BCUT2D eigenvalue weighted by Gasteiger charge is -2.31. The van der Waals surface area contributed by atoms with E-state index in [-0.39, 0.29) is 18.9 Å². The average molecular weight is 753 g/mol. The summed E-state index contributed by atoms with van der Waals surface area (Å²) >= 11 is 7.19. The van der Waals surface area contributed by atoms with Crippen molar-refractivity contribution in [1.82, 2.24) is 10.9 Å². The Bertz CT molecular complexity index is 1640. The molecule has 4 aromatic rings. The Balaban J connectivity index is 1.51. The van der Waals surface area contributed by atoms with Crippen molar-refractivity contribution >= 4 is 43.7 Å². The summed E-state index contributed by atoms with van der Waals surface area (Å²) in [5.41, 5.74) is 7.88. The van der Waals surface area contributed by atoms with Gasteiger partial charge in [0.05, 0.1) is 20.8 Å². The Morgan fingerprint density at radius 2 is 1.63 bits per heavy atom. The fourth-order valence-electron chi connectivity index (χ4n) is 5.16. The minimum Gasteiger partial charge on any atom is -0.497 e. The summed E-state index contributed by atoms with van der Waals surface area (Å²) < 4.78 is 24.9. The Hall–Kier alpha value is -3.90. The minimum atomic E-state index is -1.39. The number of halogens is 2. The first-order chi connectivity index (χ1) is 22.3. The molecule has 1 aliphatic rings. The quantitative estimate of drug-likeness (QED) is 0.102. The first-order valence-electron chi connectivity index (χ1n) is 14.7. The number of nitrogens with zero attached hydrogens (tertiary/aromatic N) is 1. The second-order valence-electron chi connectivity index (χ2n) is 10.6. The SMILES string of the molecule is COc1cc(CNNC(=O)[C@@]2(Cc3ccccc3Br)N=C(c3ccc(OCCCO)cc3)O[C@H]2c2ccc(Br)cc2)cc(OC)c1. The molecular formula is C35H35Br2N3O6. The summed E-state index contributed by atoms with van der Waals surface area (Å²) in [6.07, 6.45) is 0.0434. The number of aliphatic imine (C=N–C) groups is 1. The van der Waals surface area contributed by atoms with Crippen LogP contribution in [0.4, 0.5) is 0 Å². The molecule has 0 radical (unpaired) electrons. The molecule has 1 aliphatic heterocycles. The summed E-state index contributed by atoms with van der Waals surface area (Å²) in [7, 11) is 3.18. The van der Waals surface area contributed by atoms with Gasteiger partial charge in [-0.1, -0.05) is 62.2 Å². The molecule has 3 N–H and O–H groups in total. The van der Waals surface area contributed by atoms with Crippen molar-refractivity contribution in [2.45, 2.75) is 31.0 Å². The van der Waals surface area contributed by atoms with E-state index >= 15 is 0 Å². The van der Waals surface area contributed by atoms with Crippen LogP contribution in [-0.4, -0.2) is 49.9 Å². The number of rotatable bonds is 14. The molecule has 1 amide bonds. The number of amides is 1. The van der Waals surface area contributed by atoms with E-state index in [1.54, 1.807) is 20.3 Å². The Kier molecular flexibility index (Phi) is 11.3. The molecule has 0 saturated carbocycles. The maximum atomic E-state index is 14.5. The van der Waals surface area contributed by atoms with E-state index in [0.717, 1.165) is 25.6 Å². The molecule has 0 spiro atoms. The van der Waals surface area contributed by atoms with Crippen LogP contribution >= 0.6 is 31.9 Å². The highest BCUT2D eigenvalue weighted by Gasteiger charge is 2.53. The van der Waals surface area contributed by atoms with E-state index in [2.05, 4.69) is 42.7 Å². The normalized spacial score (nSPS) is 17.2. The van der Waals surface area contributed by atoms with Gasteiger partial charge in [0.25, 0.3) is 5.91 Å². The van der Waals surface area contributed by atoms with Gasteiger partial charge in [-0.15, -0.1) is 0 Å². The number of carbonyl (C=O) groups excluding carboxylic acids is 1. The van der Waals surface area contributed by atoms with E-state index in [0.29, 0.717) is 48.3 Å². The van der Waals surface area contributed by atoms with Crippen LogP contribution in [0.15, 0.2) is 105 Å². The monoisotopic (exact) mass is 751 g/mol. The molecule has 0 aliphatic carbocycles. The number of hydrogen-bond acceptors (Lipinski definition) is 8. The topological polar surface area (TPSA) is 111 Å². The molecule has 46 heavy (non-hydrogen) atoms. The van der Waals surface area contributed by atoms with Gasteiger partial charge in [0.2, 0.25) is 5.90 Å². The molecule has 2 atom stereocenters. The van der Waals surface area contributed by atoms with Gasteiger partial charge < -0.3 is 24.1 Å². The molecule has 0 aromatic heterocycles. The van der Waals surface area contributed by atoms with Crippen molar-refractivity contribution in [1.29, 1.82) is 0 Å². The molecule has 4 aromatic carbocycles. The summed E-state index contributed by atoms with van der Waals surface area (Å²) in [4.78, 5) is 19.6. The zero-order valence-electron chi connectivity index (χ0n) is 25.5. The summed E-state index contributed by atoms with van der Waals surface area (Å²) in [5, 5.41) is 9.07. The Morgan fingerprint density at radius 1 is 0.935 bits per heavy atom. The van der Waals surface area contributed by atoms with Crippen molar-refractivity contribution in [2.24, 2.45) is 4.99 Å². The maximum absolute atomic E-state index is 14.5. The molecule has 5 rings (SSSR count). The predicted octanol–water partition coefficient (Wildman–Crippen LogP) is 6.31. The highest BCUT2D eigenvalue weighted by molar-refractivity contribution is 9.10. The van der Waals surface area contributed by atoms with Crippen molar-refractivity contribution < 1.29 is 28.8 Å². The predicted molar refractivity (Wildman–Crippen MR) is 183 cm³/mol. The molecular weight excluding hydrogens is 718 g/mol. The van der Waals surface area contributed by atoms with Crippen LogP contribution in [0.3, 0.4) is 0 Å². The van der Waals surface area contributed by atoms with Crippen molar-refractivity contribution in [3.8, 4) is 17.2 Å². The van der Waals surface area contributed by atoms with E-state index < -0.39 is 11.6 Å². The van der Waals surface area contributed by atoms with Gasteiger partial charge in [0.15, 0.2) is 11.6 Å². The van der Waals surface area contributed by atoms with Crippen molar-refractivity contribution in [3.05, 3.63) is 122 Å². The lowest BCUT2D eigenvalue weighted by Crippen LogP contribution is -2.53. The van der Waals surface area contributed by atoms with E-state index in [1.807, 2.05) is 84.9 Å². The van der Waals surface area contributed by atoms with Gasteiger partial charge in [-0.2, -0.15) is 0 Å². The molecule has 0 saturated heterocycles. The number of ether oxygens (including phenoxy) is 4. The molecule has 11 heteroatoms. The van der Waals surface area contributed by atoms with Crippen LogP contribution in [0.2, 0.25) is 0 Å². The molecule has 1 heterocycles. The van der Waals surface area contributed by atoms with Crippen LogP contribution in [0.5, 0.6) is 17.2 Å². The van der Waals surface area contributed by atoms with Crippen LogP contribution in [0.1, 0.15) is 34.8 Å². The first-order valence-corrected chi connectivity index (χ1v) is 16.3. The number of nitrogens with one attached hydrogen (secondary N) is 2. The number of aliphatic hydroxyl groups is 1. The number of carbonyl (C=O) groups is 1. The highest BCUT2D eigenvalue weighted by Crippen LogP contribution is 2.43. The largest absolute Gasteiger partial charge is 0.497 e. The van der Waals surface area contributed by atoms with Crippen LogP contribution in [0, 0.1) is 0 Å². The van der Waals surface area contributed by atoms with Crippen molar-refractivity contribution in [2.75, 3.05) is 27.4 Å². The number of benzene rings is 4.